The van der Waals surface area contributed by atoms with Gasteiger partial charge in [0.1, 0.15) is 23.7 Å². The van der Waals surface area contributed by atoms with Crippen molar-refractivity contribution in [1.82, 2.24) is 0 Å². The van der Waals surface area contributed by atoms with E-state index in [1.54, 1.807) is 0 Å². The van der Waals surface area contributed by atoms with Crippen molar-refractivity contribution in [3.8, 4) is 5.75 Å². The van der Waals surface area contributed by atoms with Gasteiger partial charge in [0.2, 0.25) is 0 Å². The van der Waals surface area contributed by atoms with E-state index in [-0.39, 0.29) is 5.78 Å². The third kappa shape index (κ3) is 6.54. The van der Waals surface area contributed by atoms with Gasteiger partial charge in [-0.2, -0.15) is 0 Å². The Kier molecular flexibility index (Phi) is 9.66. The molecule has 32 heavy (non-hydrogen) atoms. The van der Waals surface area contributed by atoms with Gasteiger partial charge in [0, 0.05) is 23.9 Å². The smallest absolute Gasteiger partial charge is 0.414 e. The second-order valence-electron chi connectivity index (χ2n) is 6.72. The topological polar surface area (TPSA) is 140 Å². The molecule has 0 fully saturated rings. The van der Waals surface area contributed by atoms with Crippen LogP contribution in [-0.4, -0.2) is 41.1 Å². The first kappa shape index (κ1) is 25.3. The number of carbonyl (C=O) groups excluding carboxylic acids is 1. The van der Waals surface area contributed by atoms with Crippen molar-refractivity contribution >= 4 is 51.3 Å². The molecule has 3 rings (SSSR count). The Hall–Kier alpha value is -2.92. The Morgan fingerprint density at radius 1 is 1.09 bits per heavy atom. The second-order valence-corrected chi connectivity index (χ2v) is 7.88. The zero-order valence-corrected chi connectivity index (χ0v) is 19.6. The number of aryl methyl sites for hydroxylation is 1. The Bertz CT molecular complexity index is 1090. The number of aliphatic carboxylic acids is 2. The minimum Gasteiger partial charge on any atom is -0.491 e. The molecule has 8 nitrogen and oxygen atoms in total. The van der Waals surface area contributed by atoms with Gasteiger partial charge in [0.05, 0.1) is 9.13 Å². The third-order valence-corrected chi connectivity index (χ3v) is 5.25. The van der Waals surface area contributed by atoms with E-state index in [2.05, 4.69) is 29.5 Å². The Labute approximate surface area is 198 Å². The average Bonchev–Trinajstić information content (AvgIpc) is 3.15. The molecule has 0 aliphatic rings. The Morgan fingerprint density at radius 2 is 1.78 bits per heavy atom. The zero-order valence-electron chi connectivity index (χ0n) is 17.5. The first-order valence-electron chi connectivity index (χ1n) is 9.93. The van der Waals surface area contributed by atoms with Gasteiger partial charge in [-0.3, -0.25) is 4.79 Å². The second kappa shape index (κ2) is 12.2. The quantitative estimate of drug-likeness (QED) is 0.215. The van der Waals surface area contributed by atoms with Crippen LogP contribution in [0.5, 0.6) is 5.75 Å². The minimum atomic E-state index is -1.82. The largest absolute Gasteiger partial charge is 0.491 e. The number of benzene rings is 2. The number of hydrogen-bond donors (Lipinski definition) is 3. The molecule has 9 heteroatoms. The molecule has 0 spiro atoms. The Balaban J connectivity index is 0.000000534. The normalized spacial score (nSPS) is 10.3. The fourth-order valence-corrected chi connectivity index (χ4v) is 3.60. The summed E-state index contributed by atoms with van der Waals surface area (Å²) in [5, 5.41) is 15.7. The number of rotatable bonds is 8. The molecule has 0 saturated heterocycles. The number of halogens is 1. The lowest BCUT2D eigenvalue weighted by Crippen LogP contribution is -2.11. The molecular weight excluding hydrogens is 529 g/mol. The van der Waals surface area contributed by atoms with E-state index in [9.17, 15) is 4.79 Å². The summed E-state index contributed by atoms with van der Waals surface area (Å²) in [6, 6.07) is 13.2. The van der Waals surface area contributed by atoms with Crippen molar-refractivity contribution in [2.75, 3.05) is 13.2 Å². The maximum atomic E-state index is 13.3. The van der Waals surface area contributed by atoms with Crippen LogP contribution < -0.4 is 10.5 Å². The third-order valence-electron chi connectivity index (χ3n) is 4.41. The van der Waals surface area contributed by atoms with E-state index in [4.69, 9.17) is 34.7 Å². The molecule has 0 unspecified atom stereocenters. The van der Waals surface area contributed by atoms with Crippen LogP contribution in [0.2, 0.25) is 0 Å². The highest BCUT2D eigenvalue weighted by Gasteiger charge is 2.22. The predicted molar refractivity (Wildman–Crippen MR) is 127 cm³/mol. The van der Waals surface area contributed by atoms with Crippen molar-refractivity contribution in [2.45, 2.75) is 26.2 Å². The van der Waals surface area contributed by atoms with E-state index < -0.39 is 11.9 Å². The average molecular weight is 553 g/mol. The van der Waals surface area contributed by atoms with Gasteiger partial charge in [0.15, 0.2) is 5.78 Å². The number of unbranched alkanes of at least 4 members (excludes halogenated alkanes) is 1. The van der Waals surface area contributed by atoms with E-state index in [1.165, 1.54) is 0 Å². The summed E-state index contributed by atoms with van der Waals surface area (Å²) in [5.74, 6) is -2.14. The van der Waals surface area contributed by atoms with Gasteiger partial charge in [-0.1, -0.05) is 31.5 Å². The molecule has 0 saturated carbocycles. The maximum absolute atomic E-state index is 13.3. The van der Waals surface area contributed by atoms with Crippen LogP contribution in [-0.2, 0) is 16.0 Å². The van der Waals surface area contributed by atoms with E-state index in [0.29, 0.717) is 24.3 Å². The summed E-state index contributed by atoms with van der Waals surface area (Å²) in [6.07, 6.45) is 2.81. The molecule has 0 radical (unpaired) electrons. The van der Waals surface area contributed by atoms with E-state index in [0.717, 1.165) is 45.3 Å². The standard InChI is InChI=1S/C21H22INO3.C2H2O4/c1-2-3-7-19-20(15-6-4-5-8-17(15)26-19)21(24)14-9-10-18(16(22)13-14)25-12-11-23;3-1(4)2(5)6/h4-6,8-10,13H,2-3,7,11-12,23H2,1H3;(H,3,4)(H,5,6). The molecule has 2 aromatic carbocycles. The van der Waals surface area contributed by atoms with Crippen molar-refractivity contribution in [2.24, 2.45) is 5.73 Å². The fraction of sp³-hybridized carbons (Fsp3) is 0.261. The highest BCUT2D eigenvalue weighted by atomic mass is 127. The zero-order chi connectivity index (χ0) is 23.7. The summed E-state index contributed by atoms with van der Waals surface area (Å²) < 4.78 is 12.5. The maximum Gasteiger partial charge on any atom is 0.414 e. The van der Waals surface area contributed by atoms with Gasteiger partial charge < -0.3 is 25.1 Å². The van der Waals surface area contributed by atoms with Gasteiger partial charge in [-0.15, -0.1) is 0 Å². The molecular formula is C23H24INO7. The van der Waals surface area contributed by atoms with Crippen LogP contribution in [0, 0.1) is 3.57 Å². The number of furan rings is 1. The molecule has 0 amide bonds. The van der Waals surface area contributed by atoms with Crippen LogP contribution in [0.15, 0.2) is 46.9 Å². The van der Waals surface area contributed by atoms with Crippen LogP contribution in [0.25, 0.3) is 11.0 Å². The number of hydrogen-bond acceptors (Lipinski definition) is 6. The molecule has 0 bridgehead atoms. The van der Waals surface area contributed by atoms with Gasteiger partial charge >= 0.3 is 11.9 Å². The summed E-state index contributed by atoms with van der Waals surface area (Å²) >= 11 is 2.18. The lowest BCUT2D eigenvalue weighted by Gasteiger charge is -2.09. The summed E-state index contributed by atoms with van der Waals surface area (Å²) in [7, 11) is 0. The van der Waals surface area contributed by atoms with Gasteiger partial charge in [-0.05, 0) is 53.3 Å². The van der Waals surface area contributed by atoms with Gasteiger partial charge in [0.25, 0.3) is 0 Å². The predicted octanol–water partition coefficient (Wildman–Crippen LogP) is 4.10. The van der Waals surface area contributed by atoms with E-state index >= 15 is 0 Å². The number of carboxylic acids is 2. The summed E-state index contributed by atoms with van der Waals surface area (Å²) in [5.41, 5.74) is 7.57. The number of nitrogens with two attached hydrogens (primary N) is 1. The summed E-state index contributed by atoms with van der Waals surface area (Å²) in [6.45, 7) is 3.04. The molecule has 3 aromatic rings. The van der Waals surface area contributed by atoms with Crippen molar-refractivity contribution in [3.63, 3.8) is 0 Å². The molecule has 0 aliphatic heterocycles. The SMILES string of the molecule is CCCCc1oc2ccccc2c1C(=O)c1ccc(OCCN)c(I)c1.O=C(O)C(=O)O. The number of ether oxygens (including phenoxy) is 1. The van der Waals surface area contributed by atoms with Crippen molar-refractivity contribution in [3.05, 3.63) is 62.9 Å². The van der Waals surface area contributed by atoms with Crippen LogP contribution in [0.4, 0.5) is 0 Å². The van der Waals surface area contributed by atoms with Crippen LogP contribution in [0.3, 0.4) is 0 Å². The monoisotopic (exact) mass is 553 g/mol. The van der Waals surface area contributed by atoms with Crippen molar-refractivity contribution < 1.29 is 33.8 Å². The lowest BCUT2D eigenvalue weighted by atomic mass is 9.98. The number of carboxylic acid groups (broad SMARTS) is 2. The summed E-state index contributed by atoms with van der Waals surface area (Å²) in [4.78, 5) is 31.5. The first-order valence-corrected chi connectivity index (χ1v) is 11.0. The number of para-hydroxylation sites is 1. The highest BCUT2D eigenvalue weighted by Crippen LogP contribution is 2.31. The van der Waals surface area contributed by atoms with E-state index in [1.807, 2.05) is 42.5 Å². The molecule has 1 heterocycles. The molecule has 0 aliphatic carbocycles. The Morgan fingerprint density at radius 3 is 2.38 bits per heavy atom. The first-order chi connectivity index (χ1) is 15.3. The number of carbonyl (C=O) groups is 3. The molecule has 4 N–H and O–H groups in total. The highest BCUT2D eigenvalue weighted by molar-refractivity contribution is 14.1. The molecule has 170 valence electrons. The fourth-order valence-electron chi connectivity index (χ4n) is 2.93. The van der Waals surface area contributed by atoms with Gasteiger partial charge in [-0.25, -0.2) is 9.59 Å². The van der Waals surface area contributed by atoms with Crippen LogP contribution in [0.1, 0.15) is 41.4 Å². The molecule has 1 aromatic heterocycles. The molecule has 0 atom stereocenters. The lowest BCUT2D eigenvalue weighted by molar-refractivity contribution is -0.159. The number of fused-ring (bicyclic) bond motifs is 1. The van der Waals surface area contributed by atoms with Crippen molar-refractivity contribution in [1.29, 1.82) is 0 Å². The van der Waals surface area contributed by atoms with Crippen LogP contribution >= 0.6 is 22.6 Å². The minimum absolute atomic E-state index is 0.00987. The number of ketones is 1.